The number of benzene rings is 2. The average molecular weight is 444 g/mol. The van der Waals surface area contributed by atoms with Crippen LogP contribution in [0.2, 0.25) is 0 Å². The first-order valence-electron chi connectivity index (χ1n) is 9.50. The summed E-state index contributed by atoms with van der Waals surface area (Å²) in [7, 11) is 0. The van der Waals surface area contributed by atoms with Crippen LogP contribution in [0.4, 0.5) is 8.78 Å². The van der Waals surface area contributed by atoms with E-state index >= 15 is 0 Å². The fourth-order valence-corrected chi connectivity index (χ4v) is 4.63. The van der Waals surface area contributed by atoms with Gasteiger partial charge in [-0.15, -0.1) is 0 Å². The number of H-pyrrole nitrogens is 2. The predicted molar refractivity (Wildman–Crippen MR) is 110 cm³/mol. The monoisotopic (exact) mass is 444 g/mol. The fraction of sp³-hybridized carbons (Fsp3) is 0.238. The van der Waals surface area contributed by atoms with Gasteiger partial charge in [-0.25, -0.2) is 23.0 Å². The Balaban J connectivity index is 1.57. The summed E-state index contributed by atoms with van der Waals surface area (Å²) >= 11 is 1.14. The third-order valence-corrected chi connectivity index (χ3v) is 6.50. The summed E-state index contributed by atoms with van der Waals surface area (Å²) in [4.78, 5) is 38.5. The van der Waals surface area contributed by atoms with Crippen molar-refractivity contribution in [1.29, 1.82) is 0 Å². The molecule has 2 aromatic carbocycles. The summed E-state index contributed by atoms with van der Waals surface area (Å²) in [5.74, 6) is -2.19. The molecule has 2 atom stereocenters. The van der Waals surface area contributed by atoms with Crippen LogP contribution in [-0.4, -0.2) is 37.1 Å². The molecular formula is C21H18F2N4O3S. The zero-order valence-corrected chi connectivity index (χ0v) is 17.2. The van der Waals surface area contributed by atoms with Gasteiger partial charge in [-0.2, -0.15) is 5.10 Å². The summed E-state index contributed by atoms with van der Waals surface area (Å²) in [5.41, 5.74) is 0.246. The largest absolute Gasteiger partial charge is 0.340 e. The van der Waals surface area contributed by atoms with Crippen molar-refractivity contribution in [2.75, 3.05) is 0 Å². The van der Waals surface area contributed by atoms with E-state index in [1.165, 1.54) is 0 Å². The third kappa shape index (κ3) is 4.35. The first-order valence-corrected chi connectivity index (χ1v) is 10.3. The minimum Gasteiger partial charge on any atom is -0.293 e. The number of aromatic amines is 2. The molecule has 0 radical (unpaired) electrons. The number of ketones is 2. The fourth-order valence-electron chi connectivity index (χ4n) is 3.38. The van der Waals surface area contributed by atoms with E-state index < -0.39 is 40.2 Å². The summed E-state index contributed by atoms with van der Waals surface area (Å²) in [6.45, 7) is 1.52. The van der Waals surface area contributed by atoms with Crippen LogP contribution in [0.25, 0.3) is 0 Å². The highest BCUT2D eigenvalue weighted by Crippen LogP contribution is 2.40. The van der Waals surface area contributed by atoms with E-state index in [1.807, 2.05) is 6.07 Å². The minimum absolute atomic E-state index is 0.0387. The minimum atomic E-state index is -0.770. The number of halogens is 2. The molecule has 2 heterocycles. The number of aromatic nitrogens is 3. The van der Waals surface area contributed by atoms with Gasteiger partial charge in [0.05, 0.1) is 6.04 Å². The number of nitrogens with zero attached hydrogens (tertiary/aromatic N) is 2. The van der Waals surface area contributed by atoms with Crippen LogP contribution in [0.5, 0.6) is 0 Å². The Morgan fingerprint density at radius 2 is 1.71 bits per heavy atom. The number of rotatable bonds is 5. The second-order valence-electron chi connectivity index (χ2n) is 7.21. The molecule has 2 N–H and O–H groups in total. The molecule has 1 saturated heterocycles. The number of carbonyl (C=O) groups is 2. The van der Waals surface area contributed by atoms with Crippen LogP contribution in [-0.2, 0) is 22.6 Å². The van der Waals surface area contributed by atoms with Gasteiger partial charge in [0.25, 0.3) is 0 Å². The maximum absolute atomic E-state index is 14.8. The molecule has 10 heteroatoms. The highest BCUT2D eigenvalue weighted by molar-refractivity contribution is 7.98. The van der Waals surface area contributed by atoms with Crippen molar-refractivity contribution in [3.63, 3.8) is 0 Å². The second kappa shape index (κ2) is 8.56. The first-order chi connectivity index (χ1) is 14.8. The zero-order valence-electron chi connectivity index (χ0n) is 16.4. The van der Waals surface area contributed by atoms with Crippen molar-refractivity contribution < 1.29 is 18.4 Å². The summed E-state index contributed by atoms with van der Waals surface area (Å²) in [6, 6.07) is 10.2. The number of hydrogen-bond acceptors (Lipinski definition) is 6. The van der Waals surface area contributed by atoms with Crippen LogP contribution < -0.4 is 5.69 Å². The van der Waals surface area contributed by atoms with Crippen LogP contribution in [0, 0.1) is 11.6 Å². The molecule has 31 heavy (non-hydrogen) atoms. The predicted octanol–water partition coefficient (Wildman–Crippen LogP) is 2.70. The Morgan fingerprint density at radius 1 is 1.03 bits per heavy atom. The van der Waals surface area contributed by atoms with Gasteiger partial charge in [0.2, 0.25) is 11.6 Å². The van der Waals surface area contributed by atoms with Crippen molar-refractivity contribution in [2.24, 2.45) is 0 Å². The van der Waals surface area contributed by atoms with Crippen molar-refractivity contribution in [1.82, 2.24) is 19.5 Å². The van der Waals surface area contributed by atoms with E-state index in [0.29, 0.717) is 5.56 Å². The van der Waals surface area contributed by atoms with Crippen molar-refractivity contribution >= 4 is 23.5 Å². The molecule has 0 aliphatic carbocycles. The Bertz CT molecular complexity index is 1190. The molecule has 0 amide bonds. The molecule has 0 spiro atoms. The quantitative estimate of drug-likeness (QED) is 0.464. The van der Waals surface area contributed by atoms with E-state index in [4.69, 9.17) is 0 Å². The summed E-state index contributed by atoms with van der Waals surface area (Å²) < 4.78 is 31.0. The lowest BCUT2D eigenvalue weighted by Crippen LogP contribution is -2.45. The maximum atomic E-state index is 14.8. The van der Waals surface area contributed by atoms with Gasteiger partial charge in [-0.3, -0.25) is 14.6 Å². The molecule has 1 fully saturated rings. The Hall–Kier alpha value is -3.11. The molecule has 0 saturated carbocycles. The average Bonchev–Trinajstić information content (AvgIpc) is 3.17. The maximum Gasteiger partial charge on any atom is 0.340 e. The highest BCUT2D eigenvalue weighted by Gasteiger charge is 2.41. The van der Waals surface area contributed by atoms with Crippen LogP contribution >= 0.6 is 11.9 Å². The number of hydrogen-bond donors (Lipinski definition) is 2. The standard InChI is InChI=1S/C21H18F2N4O3S/c1-11-18(28)19(29)20(12-5-3-2-4-6-12)31-27(11)10-14-8-15(22)13(7-16(14)23)9-17-24-21(30)26-25-17/h2-8,11,20H,9-10H2,1H3,(H2,24,25,26,30)/t11-,20+/m0/s1. The van der Waals surface area contributed by atoms with E-state index in [0.717, 1.165) is 24.1 Å². The molecule has 1 aliphatic heterocycles. The van der Waals surface area contributed by atoms with Gasteiger partial charge in [0.15, 0.2) is 0 Å². The van der Waals surface area contributed by atoms with E-state index in [2.05, 4.69) is 15.2 Å². The van der Waals surface area contributed by atoms with Gasteiger partial charge in [-0.05, 0) is 30.2 Å². The van der Waals surface area contributed by atoms with Gasteiger partial charge in [-0.1, -0.05) is 42.3 Å². The topological polar surface area (TPSA) is 98.9 Å². The van der Waals surface area contributed by atoms with Gasteiger partial charge in [0, 0.05) is 18.5 Å². The Kier molecular flexibility index (Phi) is 5.84. The number of nitrogens with one attached hydrogen (secondary N) is 2. The van der Waals surface area contributed by atoms with Crippen molar-refractivity contribution in [2.45, 2.75) is 31.2 Å². The Labute approximate surface area is 180 Å². The van der Waals surface area contributed by atoms with Crippen molar-refractivity contribution in [3.05, 3.63) is 87.1 Å². The zero-order chi connectivity index (χ0) is 22.1. The van der Waals surface area contributed by atoms with E-state index in [9.17, 15) is 23.2 Å². The first kappa shape index (κ1) is 21.1. The van der Waals surface area contributed by atoms with E-state index in [-0.39, 0.29) is 29.9 Å². The normalized spacial score (nSPS) is 19.7. The third-order valence-electron chi connectivity index (χ3n) is 5.09. The van der Waals surface area contributed by atoms with Gasteiger partial charge in [0.1, 0.15) is 22.7 Å². The molecule has 0 unspecified atom stereocenters. The van der Waals surface area contributed by atoms with Crippen molar-refractivity contribution in [3.8, 4) is 0 Å². The lowest BCUT2D eigenvalue weighted by molar-refractivity contribution is -0.139. The van der Waals surface area contributed by atoms with Gasteiger partial charge < -0.3 is 0 Å². The molecule has 1 aromatic heterocycles. The second-order valence-corrected chi connectivity index (χ2v) is 8.36. The summed E-state index contributed by atoms with van der Waals surface area (Å²) in [6.07, 6.45) is -0.0836. The molecule has 3 aromatic rings. The summed E-state index contributed by atoms with van der Waals surface area (Å²) in [5, 5.41) is 5.14. The Morgan fingerprint density at radius 3 is 2.39 bits per heavy atom. The SMILES string of the molecule is C[C@H]1C(=O)C(=O)[C@@H](c2ccccc2)SN1Cc1cc(F)c(Cc2n[nH]c(=O)[nH]2)cc1F. The number of Topliss-reactive ketones (excluding diaryl/α,β-unsaturated/α-hetero) is 2. The molecule has 7 nitrogen and oxygen atoms in total. The van der Waals surface area contributed by atoms with Crippen LogP contribution in [0.15, 0.2) is 47.3 Å². The molecule has 4 rings (SSSR count). The van der Waals surface area contributed by atoms with Gasteiger partial charge >= 0.3 is 5.69 Å². The lowest BCUT2D eigenvalue weighted by atomic mass is 10.0. The molecule has 0 bridgehead atoms. The molecule has 160 valence electrons. The smallest absolute Gasteiger partial charge is 0.293 e. The lowest BCUT2D eigenvalue weighted by Gasteiger charge is -2.35. The highest BCUT2D eigenvalue weighted by atomic mass is 32.2. The number of carbonyl (C=O) groups excluding carboxylic acids is 2. The molecular weight excluding hydrogens is 426 g/mol. The molecule has 1 aliphatic rings. The van der Waals surface area contributed by atoms with E-state index in [1.54, 1.807) is 35.5 Å². The van der Waals surface area contributed by atoms with Crippen LogP contribution in [0.1, 0.15) is 34.7 Å². The van der Waals surface area contributed by atoms with Crippen LogP contribution in [0.3, 0.4) is 0 Å².